The summed E-state index contributed by atoms with van der Waals surface area (Å²) in [6, 6.07) is 16.9. The summed E-state index contributed by atoms with van der Waals surface area (Å²) in [5, 5.41) is 11.1. The molecule has 0 spiro atoms. The first-order valence-corrected chi connectivity index (χ1v) is 10.5. The van der Waals surface area contributed by atoms with Crippen molar-refractivity contribution < 1.29 is 13.7 Å². The van der Waals surface area contributed by atoms with E-state index in [1.807, 2.05) is 31.2 Å². The molecule has 3 heterocycles. The maximum atomic E-state index is 13.0. The van der Waals surface area contributed by atoms with E-state index in [1.165, 1.54) is 16.5 Å². The number of fused-ring (bicyclic) bond motifs is 1. The molecular formula is C24H19FN6O3. The van der Waals surface area contributed by atoms with Gasteiger partial charge in [-0.05, 0) is 42.8 Å². The number of carbonyl (C=O) groups excluding carboxylic acids is 1. The van der Waals surface area contributed by atoms with Crippen molar-refractivity contribution in [3.8, 4) is 22.8 Å². The van der Waals surface area contributed by atoms with Crippen LogP contribution in [0.4, 0.5) is 4.39 Å². The van der Waals surface area contributed by atoms with Gasteiger partial charge in [-0.2, -0.15) is 4.98 Å². The molecule has 9 nitrogen and oxygen atoms in total. The molecule has 5 aromatic rings. The summed E-state index contributed by atoms with van der Waals surface area (Å²) in [6.45, 7) is 1.90. The van der Waals surface area contributed by atoms with E-state index in [-0.39, 0.29) is 24.8 Å². The van der Waals surface area contributed by atoms with Gasteiger partial charge in [0.2, 0.25) is 11.7 Å². The van der Waals surface area contributed by atoms with Gasteiger partial charge < -0.3 is 9.84 Å². The van der Waals surface area contributed by atoms with Crippen LogP contribution in [0.5, 0.6) is 0 Å². The van der Waals surface area contributed by atoms with Crippen molar-refractivity contribution in [1.29, 1.82) is 0 Å². The van der Waals surface area contributed by atoms with Crippen molar-refractivity contribution in [2.75, 3.05) is 0 Å². The molecule has 3 aromatic heterocycles. The highest BCUT2D eigenvalue weighted by Crippen LogP contribution is 2.24. The molecule has 0 atom stereocenters. The predicted molar refractivity (Wildman–Crippen MR) is 121 cm³/mol. The van der Waals surface area contributed by atoms with Crippen molar-refractivity contribution in [3.63, 3.8) is 0 Å². The van der Waals surface area contributed by atoms with Crippen LogP contribution in [0.15, 0.2) is 76.2 Å². The van der Waals surface area contributed by atoms with Crippen LogP contribution < -0.4 is 11.0 Å². The molecule has 0 saturated carbocycles. The van der Waals surface area contributed by atoms with Gasteiger partial charge in [0, 0.05) is 18.3 Å². The van der Waals surface area contributed by atoms with Gasteiger partial charge in [-0.15, -0.1) is 5.10 Å². The Labute approximate surface area is 192 Å². The third kappa shape index (κ3) is 4.20. The molecule has 0 aliphatic heterocycles. The van der Waals surface area contributed by atoms with E-state index in [0.29, 0.717) is 17.0 Å². The zero-order valence-corrected chi connectivity index (χ0v) is 18.1. The van der Waals surface area contributed by atoms with Gasteiger partial charge in [0.25, 0.3) is 5.89 Å². The Bertz CT molecular complexity index is 1550. The van der Waals surface area contributed by atoms with Gasteiger partial charge in [0.1, 0.15) is 12.4 Å². The minimum Gasteiger partial charge on any atom is -0.350 e. The zero-order valence-electron chi connectivity index (χ0n) is 18.1. The summed E-state index contributed by atoms with van der Waals surface area (Å²) in [5.74, 6) is -0.132. The lowest BCUT2D eigenvalue weighted by atomic mass is 10.1. The molecular weight excluding hydrogens is 439 g/mol. The maximum Gasteiger partial charge on any atom is 0.350 e. The molecule has 170 valence electrons. The number of pyridine rings is 1. The van der Waals surface area contributed by atoms with Crippen LogP contribution in [-0.4, -0.2) is 30.2 Å². The smallest absolute Gasteiger partial charge is 0.350 e. The average Bonchev–Trinajstić information content (AvgIpc) is 3.44. The number of hydrogen-bond donors (Lipinski definition) is 1. The fraction of sp³-hybridized carbons (Fsp3) is 0.125. The second-order valence-corrected chi connectivity index (χ2v) is 7.75. The second-order valence-electron chi connectivity index (χ2n) is 7.75. The van der Waals surface area contributed by atoms with Crippen LogP contribution >= 0.6 is 0 Å². The quantitative estimate of drug-likeness (QED) is 0.419. The second kappa shape index (κ2) is 8.74. The van der Waals surface area contributed by atoms with E-state index in [0.717, 1.165) is 21.4 Å². The Morgan fingerprint density at radius 2 is 1.94 bits per heavy atom. The van der Waals surface area contributed by atoms with E-state index < -0.39 is 11.6 Å². The number of carbonyl (C=O) groups is 1. The summed E-state index contributed by atoms with van der Waals surface area (Å²) in [7, 11) is 0. The van der Waals surface area contributed by atoms with Gasteiger partial charge in [0.05, 0.1) is 5.56 Å². The Kier molecular flexibility index (Phi) is 5.46. The Morgan fingerprint density at radius 3 is 2.74 bits per heavy atom. The molecule has 5 rings (SSSR count). The number of amides is 1. The molecule has 0 aliphatic carbocycles. The molecule has 0 saturated heterocycles. The fourth-order valence-corrected chi connectivity index (χ4v) is 3.54. The number of rotatable bonds is 6. The molecule has 2 aromatic carbocycles. The van der Waals surface area contributed by atoms with E-state index in [2.05, 4.69) is 20.6 Å². The van der Waals surface area contributed by atoms with Gasteiger partial charge in [-0.3, -0.25) is 4.79 Å². The van der Waals surface area contributed by atoms with E-state index in [4.69, 9.17) is 4.52 Å². The van der Waals surface area contributed by atoms with Gasteiger partial charge in [0.15, 0.2) is 5.65 Å². The lowest BCUT2D eigenvalue weighted by Crippen LogP contribution is -2.32. The highest BCUT2D eigenvalue weighted by atomic mass is 19.1. The summed E-state index contributed by atoms with van der Waals surface area (Å²) < 4.78 is 20.9. The largest absolute Gasteiger partial charge is 0.350 e. The van der Waals surface area contributed by atoms with Crippen molar-refractivity contribution in [2.24, 2.45) is 0 Å². The first-order chi connectivity index (χ1) is 16.5. The van der Waals surface area contributed by atoms with Crippen molar-refractivity contribution in [2.45, 2.75) is 20.0 Å². The predicted octanol–water partition coefficient (Wildman–Crippen LogP) is 2.98. The SMILES string of the molecule is Cc1cccc(-c2noc(-c3cccn4c(=O)n(CC(=O)NCc5ccc(F)cc5)nc34)n2)c1. The molecule has 0 aliphatic rings. The van der Waals surface area contributed by atoms with Crippen molar-refractivity contribution in [3.05, 3.63) is 94.3 Å². The lowest BCUT2D eigenvalue weighted by Gasteiger charge is -2.04. The zero-order chi connectivity index (χ0) is 23.7. The molecule has 1 N–H and O–H groups in total. The van der Waals surface area contributed by atoms with Crippen molar-refractivity contribution >= 4 is 11.6 Å². The molecule has 0 bridgehead atoms. The van der Waals surface area contributed by atoms with E-state index in [1.54, 1.807) is 30.5 Å². The lowest BCUT2D eigenvalue weighted by molar-refractivity contribution is -0.122. The molecule has 0 fully saturated rings. The third-order valence-electron chi connectivity index (χ3n) is 5.24. The highest BCUT2D eigenvalue weighted by molar-refractivity contribution is 5.76. The van der Waals surface area contributed by atoms with Gasteiger partial charge in [-0.25, -0.2) is 18.3 Å². The minimum absolute atomic E-state index is 0.205. The summed E-state index contributed by atoms with van der Waals surface area (Å²) in [4.78, 5) is 29.7. The van der Waals surface area contributed by atoms with E-state index >= 15 is 0 Å². The van der Waals surface area contributed by atoms with Crippen LogP contribution in [0.2, 0.25) is 0 Å². The van der Waals surface area contributed by atoms with Crippen LogP contribution in [0, 0.1) is 12.7 Å². The van der Waals surface area contributed by atoms with Crippen LogP contribution in [0.1, 0.15) is 11.1 Å². The molecule has 10 heteroatoms. The number of nitrogens with zero attached hydrogens (tertiary/aromatic N) is 5. The van der Waals surface area contributed by atoms with Gasteiger partial charge >= 0.3 is 5.69 Å². The normalized spacial score (nSPS) is 11.1. The number of benzene rings is 2. The first kappa shape index (κ1) is 21.3. The number of hydrogen-bond acceptors (Lipinski definition) is 6. The van der Waals surface area contributed by atoms with Crippen LogP contribution in [0.3, 0.4) is 0 Å². The Balaban J connectivity index is 1.39. The highest BCUT2D eigenvalue weighted by Gasteiger charge is 2.18. The Morgan fingerprint density at radius 1 is 1.12 bits per heavy atom. The van der Waals surface area contributed by atoms with E-state index in [9.17, 15) is 14.0 Å². The maximum absolute atomic E-state index is 13.0. The molecule has 0 radical (unpaired) electrons. The molecule has 0 unspecified atom stereocenters. The molecule has 34 heavy (non-hydrogen) atoms. The Hall–Kier alpha value is -4.60. The summed E-state index contributed by atoms with van der Waals surface area (Å²) in [6.07, 6.45) is 1.55. The minimum atomic E-state index is -0.479. The number of aryl methyl sites for hydroxylation is 1. The standard InChI is InChI=1S/C24H19FN6O3/c1-15-4-2-5-17(12-15)21-27-23(34-29-21)19-6-3-11-30-22(19)28-31(24(30)33)14-20(32)26-13-16-7-9-18(25)10-8-16/h2-12H,13-14H2,1H3,(H,26,32). The number of halogens is 1. The molecule has 1 amide bonds. The summed E-state index contributed by atoms with van der Waals surface area (Å²) in [5.41, 5.74) is 2.89. The topological polar surface area (TPSA) is 107 Å². The first-order valence-electron chi connectivity index (χ1n) is 10.5. The van der Waals surface area contributed by atoms with Crippen molar-refractivity contribution in [1.82, 2.24) is 29.6 Å². The average molecular weight is 458 g/mol. The van der Waals surface area contributed by atoms with Crippen LogP contribution in [-0.2, 0) is 17.9 Å². The monoisotopic (exact) mass is 458 g/mol. The fourth-order valence-electron chi connectivity index (χ4n) is 3.54. The number of aromatic nitrogens is 5. The summed E-state index contributed by atoms with van der Waals surface area (Å²) >= 11 is 0. The van der Waals surface area contributed by atoms with Crippen LogP contribution in [0.25, 0.3) is 28.5 Å². The third-order valence-corrected chi connectivity index (χ3v) is 5.24. The van der Waals surface area contributed by atoms with Gasteiger partial charge in [-0.1, -0.05) is 41.1 Å². The number of nitrogens with one attached hydrogen (secondary N) is 1.